The molecule has 0 saturated heterocycles. The zero-order valence-corrected chi connectivity index (χ0v) is 11.6. The third-order valence-electron chi connectivity index (χ3n) is 3.20. The van der Waals surface area contributed by atoms with Gasteiger partial charge in [0.25, 0.3) is 0 Å². The quantitative estimate of drug-likeness (QED) is 0.860. The number of anilines is 1. The Bertz CT molecular complexity index is 479. The monoisotopic (exact) mass is 255 g/mol. The fraction of sp³-hybridized carbons (Fsp3) is 0.312. The van der Waals surface area contributed by atoms with E-state index in [1.54, 1.807) is 0 Å². The van der Waals surface area contributed by atoms with Gasteiger partial charge in [-0.3, -0.25) is 4.98 Å². The third-order valence-corrected chi connectivity index (χ3v) is 3.20. The first-order valence-corrected chi connectivity index (χ1v) is 6.62. The van der Waals surface area contributed by atoms with Crippen LogP contribution < -0.4 is 5.32 Å². The van der Waals surface area contributed by atoms with E-state index in [0.717, 1.165) is 25.2 Å². The van der Waals surface area contributed by atoms with Gasteiger partial charge >= 0.3 is 0 Å². The van der Waals surface area contributed by atoms with Gasteiger partial charge < -0.3 is 10.2 Å². The standard InChI is InChI=1S/C16H21N3/c1-17-16-7-5-15(6-8-16)13-19(2)11-9-14-4-3-10-18-12-14/h3-8,10,12,17H,9,11,13H2,1-2H3. The van der Waals surface area contributed by atoms with E-state index >= 15 is 0 Å². The van der Waals surface area contributed by atoms with Crippen molar-refractivity contribution < 1.29 is 0 Å². The molecule has 0 bridgehead atoms. The van der Waals surface area contributed by atoms with Gasteiger partial charge in [-0.15, -0.1) is 0 Å². The molecule has 2 aromatic rings. The molecule has 100 valence electrons. The van der Waals surface area contributed by atoms with E-state index in [1.165, 1.54) is 11.1 Å². The molecule has 19 heavy (non-hydrogen) atoms. The van der Waals surface area contributed by atoms with E-state index in [1.807, 2.05) is 25.5 Å². The lowest BCUT2D eigenvalue weighted by Crippen LogP contribution is -2.20. The number of hydrogen-bond donors (Lipinski definition) is 1. The van der Waals surface area contributed by atoms with Gasteiger partial charge in [-0.1, -0.05) is 18.2 Å². The Morgan fingerprint density at radius 2 is 1.89 bits per heavy atom. The number of hydrogen-bond acceptors (Lipinski definition) is 3. The van der Waals surface area contributed by atoms with Crippen molar-refractivity contribution in [2.24, 2.45) is 0 Å². The number of pyridine rings is 1. The predicted molar refractivity (Wildman–Crippen MR) is 80.3 cm³/mol. The van der Waals surface area contributed by atoms with Crippen molar-refractivity contribution in [1.29, 1.82) is 0 Å². The Hall–Kier alpha value is -1.87. The minimum absolute atomic E-state index is 0.976. The van der Waals surface area contributed by atoms with E-state index in [2.05, 4.69) is 52.6 Å². The number of nitrogens with zero attached hydrogens (tertiary/aromatic N) is 2. The Kier molecular flexibility index (Phi) is 4.93. The fourth-order valence-electron chi connectivity index (χ4n) is 2.03. The molecule has 1 aromatic heterocycles. The van der Waals surface area contributed by atoms with Crippen LogP contribution in [0.5, 0.6) is 0 Å². The zero-order chi connectivity index (χ0) is 13.5. The van der Waals surface area contributed by atoms with Gasteiger partial charge in [0.05, 0.1) is 0 Å². The Balaban J connectivity index is 1.82. The van der Waals surface area contributed by atoms with E-state index in [-0.39, 0.29) is 0 Å². The highest BCUT2D eigenvalue weighted by molar-refractivity contribution is 5.43. The van der Waals surface area contributed by atoms with Crippen molar-refractivity contribution in [3.05, 3.63) is 59.9 Å². The summed E-state index contributed by atoms with van der Waals surface area (Å²) in [4.78, 5) is 6.47. The van der Waals surface area contributed by atoms with Crippen molar-refractivity contribution in [3.63, 3.8) is 0 Å². The maximum absolute atomic E-state index is 4.14. The number of rotatable bonds is 6. The average Bonchev–Trinajstić information content (AvgIpc) is 2.47. The highest BCUT2D eigenvalue weighted by Crippen LogP contribution is 2.10. The minimum Gasteiger partial charge on any atom is -0.388 e. The number of aromatic nitrogens is 1. The second kappa shape index (κ2) is 6.90. The summed E-state index contributed by atoms with van der Waals surface area (Å²) in [7, 11) is 4.09. The molecule has 0 radical (unpaired) electrons. The van der Waals surface area contributed by atoms with E-state index in [4.69, 9.17) is 0 Å². The molecule has 1 N–H and O–H groups in total. The van der Waals surface area contributed by atoms with Crippen LogP contribution in [0.4, 0.5) is 5.69 Å². The van der Waals surface area contributed by atoms with Crippen molar-refractivity contribution in [1.82, 2.24) is 9.88 Å². The molecule has 0 aliphatic rings. The van der Waals surface area contributed by atoms with Crippen LogP contribution in [0.25, 0.3) is 0 Å². The molecule has 0 unspecified atom stereocenters. The first kappa shape index (κ1) is 13.6. The first-order chi connectivity index (χ1) is 9.28. The molecule has 2 rings (SSSR count). The molecular formula is C16H21N3. The summed E-state index contributed by atoms with van der Waals surface area (Å²) in [5, 5.41) is 3.13. The van der Waals surface area contributed by atoms with Gasteiger partial charge in [0, 0.05) is 38.2 Å². The second-order valence-electron chi connectivity index (χ2n) is 4.80. The van der Waals surface area contributed by atoms with E-state index in [0.29, 0.717) is 0 Å². The van der Waals surface area contributed by atoms with Crippen molar-refractivity contribution >= 4 is 5.69 Å². The van der Waals surface area contributed by atoms with Crippen LogP contribution in [0.3, 0.4) is 0 Å². The minimum atomic E-state index is 0.976. The predicted octanol–water partition coefficient (Wildman–Crippen LogP) is 2.80. The number of likely N-dealkylation sites (N-methyl/N-ethyl adjacent to an activating group) is 1. The van der Waals surface area contributed by atoms with Crippen LogP contribution in [-0.2, 0) is 13.0 Å². The molecule has 1 heterocycles. The zero-order valence-electron chi connectivity index (χ0n) is 11.6. The smallest absolute Gasteiger partial charge is 0.0337 e. The van der Waals surface area contributed by atoms with Crippen molar-refractivity contribution in [2.45, 2.75) is 13.0 Å². The molecule has 1 aromatic carbocycles. The van der Waals surface area contributed by atoms with Crippen molar-refractivity contribution in [3.8, 4) is 0 Å². The molecule has 0 spiro atoms. The second-order valence-corrected chi connectivity index (χ2v) is 4.80. The summed E-state index contributed by atoms with van der Waals surface area (Å²) in [5.74, 6) is 0. The van der Waals surface area contributed by atoms with Crippen molar-refractivity contribution in [2.75, 3.05) is 26.0 Å². The van der Waals surface area contributed by atoms with E-state index < -0.39 is 0 Å². The third kappa shape index (κ3) is 4.38. The maximum atomic E-state index is 4.14. The fourth-order valence-corrected chi connectivity index (χ4v) is 2.03. The van der Waals surface area contributed by atoms with Crippen LogP contribution >= 0.6 is 0 Å². The van der Waals surface area contributed by atoms with Crippen LogP contribution in [0.15, 0.2) is 48.8 Å². The molecule has 0 atom stereocenters. The van der Waals surface area contributed by atoms with Crippen LogP contribution in [0.2, 0.25) is 0 Å². The molecule has 0 amide bonds. The van der Waals surface area contributed by atoms with E-state index in [9.17, 15) is 0 Å². The number of nitrogens with one attached hydrogen (secondary N) is 1. The van der Waals surface area contributed by atoms with Gasteiger partial charge in [-0.2, -0.15) is 0 Å². The lowest BCUT2D eigenvalue weighted by molar-refractivity contribution is 0.331. The first-order valence-electron chi connectivity index (χ1n) is 6.62. The number of benzene rings is 1. The normalized spacial score (nSPS) is 10.7. The molecule has 0 saturated carbocycles. The molecular weight excluding hydrogens is 234 g/mol. The molecule has 3 nitrogen and oxygen atoms in total. The lowest BCUT2D eigenvalue weighted by Gasteiger charge is -2.16. The van der Waals surface area contributed by atoms with Gasteiger partial charge in [0.1, 0.15) is 0 Å². The molecule has 0 aliphatic heterocycles. The summed E-state index contributed by atoms with van der Waals surface area (Å²) in [6.07, 6.45) is 4.80. The summed E-state index contributed by atoms with van der Waals surface area (Å²) in [5.41, 5.74) is 3.79. The van der Waals surface area contributed by atoms with Crippen LogP contribution in [-0.4, -0.2) is 30.5 Å². The maximum Gasteiger partial charge on any atom is 0.0337 e. The highest BCUT2D eigenvalue weighted by Gasteiger charge is 2.01. The largest absolute Gasteiger partial charge is 0.388 e. The van der Waals surface area contributed by atoms with Gasteiger partial charge in [-0.05, 0) is 42.8 Å². The Labute approximate surface area is 115 Å². The SMILES string of the molecule is CNc1ccc(CN(C)CCc2cccnc2)cc1. The average molecular weight is 255 g/mol. The van der Waals surface area contributed by atoms with Gasteiger partial charge in [0.2, 0.25) is 0 Å². The summed E-state index contributed by atoms with van der Waals surface area (Å²) < 4.78 is 0. The van der Waals surface area contributed by atoms with Gasteiger partial charge in [-0.25, -0.2) is 0 Å². The lowest BCUT2D eigenvalue weighted by atomic mass is 10.1. The molecule has 0 fully saturated rings. The summed E-state index contributed by atoms with van der Waals surface area (Å²) >= 11 is 0. The topological polar surface area (TPSA) is 28.2 Å². The molecule has 3 heteroatoms. The van der Waals surface area contributed by atoms with Crippen LogP contribution in [0, 0.1) is 0 Å². The summed E-state index contributed by atoms with van der Waals surface area (Å²) in [6.45, 7) is 2.02. The van der Waals surface area contributed by atoms with Crippen LogP contribution in [0.1, 0.15) is 11.1 Å². The summed E-state index contributed by atoms with van der Waals surface area (Å²) in [6, 6.07) is 12.7. The highest BCUT2D eigenvalue weighted by atomic mass is 15.1. The molecule has 0 aliphatic carbocycles. The Morgan fingerprint density at radius 3 is 2.53 bits per heavy atom. The van der Waals surface area contributed by atoms with Gasteiger partial charge in [0.15, 0.2) is 0 Å². The Morgan fingerprint density at radius 1 is 1.11 bits per heavy atom.